The quantitative estimate of drug-likeness (QED) is 0.411. The Hall–Kier alpha value is -3.49. The molecule has 0 spiro atoms. The summed E-state index contributed by atoms with van der Waals surface area (Å²) in [5.41, 5.74) is 3.21. The van der Waals surface area contributed by atoms with Crippen LogP contribution < -0.4 is 5.56 Å². The van der Waals surface area contributed by atoms with Gasteiger partial charge in [0, 0.05) is 16.8 Å². The first kappa shape index (κ1) is 18.9. The van der Waals surface area contributed by atoms with E-state index in [9.17, 15) is 14.4 Å². The van der Waals surface area contributed by atoms with Crippen LogP contribution in [0.25, 0.3) is 33.5 Å². The van der Waals surface area contributed by atoms with E-state index in [0.29, 0.717) is 5.69 Å². The van der Waals surface area contributed by atoms with Crippen molar-refractivity contribution >= 4 is 15.9 Å². The number of rotatable bonds is 3. The molecule has 29 heavy (non-hydrogen) atoms. The van der Waals surface area contributed by atoms with E-state index in [1.807, 2.05) is 60.7 Å². The van der Waals surface area contributed by atoms with Crippen molar-refractivity contribution < 1.29 is 4.39 Å². The normalized spacial score (nSPS) is 10.5. The van der Waals surface area contributed by atoms with E-state index >= 15 is 0 Å². The average Bonchev–Trinajstić information content (AvgIpc) is 2.76. The topological polar surface area (TPSA) is 56.6 Å². The van der Waals surface area contributed by atoms with Gasteiger partial charge in [0.1, 0.15) is 17.4 Å². The molecule has 0 aliphatic rings. The van der Waals surface area contributed by atoms with Gasteiger partial charge in [0.25, 0.3) is 5.56 Å². The Morgan fingerprint density at radius 2 is 1.48 bits per heavy atom. The van der Waals surface area contributed by atoms with Crippen LogP contribution in [0.3, 0.4) is 0 Å². The van der Waals surface area contributed by atoms with E-state index in [1.54, 1.807) is 24.3 Å². The van der Waals surface area contributed by atoms with Crippen LogP contribution >= 0.6 is 15.9 Å². The molecule has 4 rings (SSSR count). The van der Waals surface area contributed by atoms with Gasteiger partial charge in [-0.25, -0.2) is 4.39 Å². The Morgan fingerprint density at radius 3 is 2.17 bits per heavy atom. The van der Waals surface area contributed by atoms with Gasteiger partial charge in [0.15, 0.2) is 0 Å². The largest absolute Gasteiger partial charge is 0.321 e. The first-order valence-corrected chi connectivity index (χ1v) is 9.65. The number of H-pyrrole nitrogens is 1. The molecule has 0 bridgehead atoms. The van der Waals surface area contributed by atoms with Crippen LogP contribution in [0.1, 0.15) is 5.56 Å². The summed E-state index contributed by atoms with van der Waals surface area (Å²) in [5, 5.41) is 9.44. The minimum atomic E-state index is -0.550. The Balaban J connectivity index is 1.84. The van der Waals surface area contributed by atoms with Gasteiger partial charge in [-0.3, -0.25) is 4.79 Å². The highest BCUT2D eigenvalue weighted by molar-refractivity contribution is 9.10. The average molecular weight is 445 g/mol. The van der Waals surface area contributed by atoms with Gasteiger partial charge in [0.05, 0.1) is 4.47 Å². The smallest absolute Gasteiger partial charge is 0.266 e. The van der Waals surface area contributed by atoms with Crippen LogP contribution in [-0.4, -0.2) is 4.98 Å². The van der Waals surface area contributed by atoms with Crippen molar-refractivity contribution in [3.63, 3.8) is 0 Å². The van der Waals surface area contributed by atoms with E-state index in [-0.39, 0.29) is 21.2 Å². The second kappa shape index (κ2) is 7.86. The molecule has 0 saturated carbocycles. The third kappa shape index (κ3) is 3.63. The zero-order valence-electron chi connectivity index (χ0n) is 15.1. The maximum Gasteiger partial charge on any atom is 0.266 e. The molecule has 3 aromatic carbocycles. The van der Waals surface area contributed by atoms with Gasteiger partial charge in [-0.15, -0.1) is 0 Å². The van der Waals surface area contributed by atoms with Crippen molar-refractivity contribution in [2.45, 2.75) is 0 Å². The summed E-state index contributed by atoms with van der Waals surface area (Å²) in [4.78, 5) is 15.2. The molecule has 0 aliphatic carbocycles. The second-order valence-corrected chi connectivity index (χ2v) is 7.31. The molecule has 1 heterocycles. The third-order valence-electron chi connectivity index (χ3n) is 4.69. The molecular formula is C24H14BrFN2O. The van der Waals surface area contributed by atoms with E-state index < -0.39 is 11.4 Å². The summed E-state index contributed by atoms with van der Waals surface area (Å²) in [7, 11) is 0. The molecule has 0 fully saturated rings. The van der Waals surface area contributed by atoms with Crippen molar-refractivity contribution in [2.24, 2.45) is 0 Å². The van der Waals surface area contributed by atoms with E-state index in [1.165, 1.54) is 0 Å². The summed E-state index contributed by atoms with van der Waals surface area (Å²) < 4.78 is 14.9. The molecule has 5 heteroatoms. The molecule has 0 aliphatic heterocycles. The standard InChI is InChI=1S/C24H14BrFN2O/c25-21-8-4-7-18(23(21)26)19-13-22(28-24(29)20(19)14-27)17-11-9-16(10-12-17)15-5-2-1-3-6-15/h1-13H,(H,28,29). The van der Waals surface area contributed by atoms with Gasteiger partial charge in [-0.1, -0.05) is 66.7 Å². The first-order valence-electron chi connectivity index (χ1n) is 8.86. The monoisotopic (exact) mass is 444 g/mol. The van der Waals surface area contributed by atoms with Crippen LogP contribution in [0, 0.1) is 17.1 Å². The number of pyridine rings is 1. The van der Waals surface area contributed by atoms with Crippen molar-refractivity contribution in [3.05, 3.63) is 105 Å². The summed E-state index contributed by atoms with van der Waals surface area (Å²) in [6.07, 6.45) is 0. The van der Waals surface area contributed by atoms with Crippen molar-refractivity contribution in [1.82, 2.24) is 4.98 Å². The molecule has 0 amide bonds. The molecule has 0 atom stereocenters. The predicted octanol–water partition coefficient (Wildman–Crippen LogP) is 6.15. The van der Waals surface area contributed by atoms with Gasteiger partial charge < -0.3 is 4.98 Å². The minimum Gasteiger partial charge on any atom is -0.321 e. The third-order valence-corrected chi connectivity index (χ3v) is 5.30. The Bertz CT molecular complexity index is 1290. The lowest BCUT2D eigenvalue weighted by Crippen LogP contribution is -2.13. The van der Waals surface area contributed by atoms with Crippen LogP contribution in [-0.2, 0) is 0 Å². The number of hydrogen-bond acceptors (Lipinski definition) is 2. The summed E-state index contributed by atoms with van der Waals surface area (Å²) >= 11 is 3.16. The van der Waals surface area contributed by atoms with E-state index in [2.05, 4.69) is 20.9 Å². The number of nitriles is 1. The molecule has 0 saturated heterocycles. The molecule has 3 nitrogen and oxygen atoms in total. The SMILES string of the molecule is N#Cc1c(-c2cccc(Br)c2F)cc(-c2ccc(-c3ccccc3)cc2)[nH]c1=O. The maximum atomic E-state index is 14.6. The first-order chi connectivity index (χ1) is 14.1. The van der Waals surface area contributed by atoms with Crippen LogP contribution in [0.2, 0.25) is 0 Å². The Morgan fingerprint density at radius 1 is 0.828 bits per heavy atom. The molecule has 0 radical (unpaired) electrons. The molecule has 0 unspecified atom stereocenters. The van der Waals surface area contributed by atoms with Gasteiger partial charge in [0.2, 0.25) is 0 Å². The number of aromatic amines is 1. The molecule has 140 valence electrons. The maximum absolute atomic E-state index is 14.6. The van der Waals surface area contributed by atoms with Gasteiger partial charge in [-0.05, 0) is 44.8 Å². The van der Waals surface area contributed by atoms with Crippen LogP contribution in [0.4, 0.5) is 4.39 Å². The van der Waals surface area contributed by atoms with E-state index in [4.69, 9.17) is 0 Å². The molecular weight excluding hydrogens is 431 g/mol. The second-order valence-electron chi connectivity index (χ2n) is 6.46. The number of nitrogens with zero attached hydrogens (tertiary/aromatic N) is 1. The fourth-order valence-electron chi connectivity index (χ4n) is 3.22. The fourth-order valence-corrected chi connectivity index (χ4v) is 3.59. The number of aromatic nitrogens is 1. The van der Waals surface area contributed by atoms with Gasteiger partial charge in [-0.2, -0.15) is 5.26 Å². The number of benzene rings is 3. The fraction of sp³-hybridized carbons (Fsp3) is 0. The molecule has 1 aromatic heterocycles. The molecule has 1 N–H and O–H groups in total. The highest BCUT2D eigenvalue weighted by Gasteiger charge is 2.16. The highest BCUT2D eigenvalue weighted by atomic mass is 79.9. The highest BCUT2D eigenvalue weighted by Crippen LogP contribution is 2.31. The zero-order chi connectivity index (χ0) is 20.4. The number of nitrogens with one attached hydrogen (secondary N) is 1. The van der Waals surface area contributed by atoms with Crippen molar-refractivity contribution in [3.8, 4) is 39.6 Å². The van der Waals surface area contributed by atoms with Crippen LogP contribution in [0.15, 0.2) is 88.1 Å². The lowest BCUT2D eigenvalue weighted by atomic mass is 9.97. The number of halogens is 2. The Labute approximate surface area is 175 Å². The van der Waals surface area contributed by atoms with Gasteiger partial charge >= 0.3 is 0 Å². The Kier molecular flexibility index (Phi) is 5.11. The van der Waals surface area contributed by atoms with Crippen molar-refractivity contribution in [2.75, 3.05) is 0 Å². The minimum absolute atomic E-state index is 0.119. The van der Waals surface area contributed by atoms with E-state index in [0.717, 1.165) is 16.7 Å². The summed E-state index contributed by atoms with van der Waals surface area (Å²) in [6, 6.07) is 26.0. The van der Waals surface area contributed by atoms with Crippen molar-refractivity contribution in [1.29, 1.82) is 5.26 Å². The zero-order valence-corrected chi connectivity index (χ0v) is 16.7. The lowest BCUT2D eigenvalue weighted by Gasteiger charge is -2.10. The summed E-state index contributed by atoms with van der Waals surface area (Å²) in [5.74, 6) is -0.514. The summed E-state index contributed by atoms with van der Waals surface area (Å²) in [6.45, 7) is 0. The lowest BCUT2D eigenvalue weighted by molar-refractivity contribution is 0.624. The predicted molar refractivity (Wildman–Crippen MR) is 116 cm³/mol. The molecule has 4 aromatic rings. The number of hydrogen-bond donors (Lipinski definition) is 1. The van der Waals surface area contributed by atoms with Crippen LogP contribution in [0.5, 0.6) is 0 Å².